The van der Waals surface area contributed by atoms with Crippen LogP contribution in [0, 0.1) is 5.82 Å². The molecule has 1 amide bonds. The summed E-state index contributed by atoms with van der Waals surface area (Å²) < 4.78 is 18.4. The zero-order chi connectivity index (χ0) is 18.8. The molecular weight excluding hydrogens is 343 g/mol. The lowest BCUT2D eigenvalue weighted by Crippen LogP contribution is -2.39. The average Bonchev–Trinajstić information content (AvgIpc) is 3.06. The Balaban J connectivity index is 1.75. The smallest absolute Gasteiger partial charge is 0.410 e. The molecule has 1 aliphatic heterocycles. The Morgan fingerprint density at radius 1 is 1.26 bits per heavy atom. The van der Waals surface area contributed by atoms with E-state index < -0.39 is 0 Å². The first-order chi connectivity index (χ1) is 13.2. The van der Waals surface area contributed by atoms with E-state index in [1.54, 1.807) is 24.0 Å². The fraction of sp³-hybridized carbons (Fsp3) is 0.227. The van der Waals surface area contributed by atoms with Crippen molar-refractivity contribution < 1.29 is 13.9 Å². The maximum atomic E-state index is 13.2. The van der Waals surface area contributed by atoms with Gasteiger partial charge in [0.25, 0.3) is 0 Å². The SMILES string of the molecule is CCOC(=O)N1CCc2c([nH]c3ccccc23)[C@H]1/C=C/c1ccc(F)cc1. The van der Waals surface area contributed by atoms with Gasteiger partial charge in [-0.2, -0.15) is 0 Å². The molecule has 0 unspecified atom stereocenters. The number of rotatable bonds is 3. The molecule has 1 atom stereocenters. The van der Waals surface area contributed by atoms with Crippen LogP contribution in [0.1, 0.15) is 29.8 Å². The molecule has 1 aliphatic rings. The molecule has 2 aromatic carbocycles. The summed E-state index contributed by atoms with van der Waals surface area (Å²) in [5, 5.41) is 1.19. The number of nitrogens with one attached hydrogen (secondary N) is 1. The number of H-pyrrole nitrogens is 1. The van der Waals surface area contributed by atoms with Crippen molar-refractivity contribution in [3.8, 4) is 0 Å². The fourth-order valence-corrected chi connectivity index (χ4v) is 3.66. The molecule has 0 fully saturated rings. The summed E-state index contributed by atoms with van der Waals surface area (Å²) in [5.41, 5.74) is 4.19. The summed E-state index contributed by atoms with van der Waals surface area (Å²) in [4.78, 5) is 17.7. The van der Waals surface area contributed by atoms with Crippen LogP contribution in [0.4, 0.5) is 9.18 Å². The minimum absolute atomic E-state index is 0.259. The van der Waals surface area contributed by atoms with Crippen LogP contribution in [-0.2, 0) is 11.2 Å². The van der Waals surface area contributed by atoms with Crippen LogP contribution in [0.15, 0.2) is 54.6 Å². The van der Waals surface area contributed by atoms with Crippen molar-refractivity contribution in [1.82, 2.24) is 9.88 Å². The fourth-order valence-electron chi connectivity index (χ4n) is 3.66. The van der Waals surface area contributed by atoms with Crippen LogP contribution in [0.2, 0.25) is 0 Å². The van der Waals surface area contributed by atoms with Crippen molar-refractivity contribution in [2.45, 2.75) is 19.4 Å². The van der Waals surface area contributed by atoms with Crippen LogP contribution >= 0.6 is 0 Å². The molecule has 27 heavy (non-hydrogen) atoms. The summed E-state index contributed by atoms with van der Waals surface area (Å²) in [6, 6.07) is 14.2. The molecule has 0 saturated heterocycles. The lowest BCUT2D eigenvalue weighted by molar-refractivity contribution is 0.0946. The summed E-state index contributed by atoms with van der Waals surface area (Å²) in [6.07, 6.45) is 4.34. The van der Waals surface area contributed by atoms with Crippen LogP contribution in [0.5, 0.6) is 0 Å². The van der Waals surface area contributed by atoms with Gasteiger partial charge in [0.2, 0.25) is 0 Å². The van der Waals surface area contributed by atoms with E-state index in [1.165, 1.54) is 23.1 Å². The van der Waals surface area contributed by atoms with Gasteiger partial charge in [-0.05, 0) is 42.7 Å². The first-order valence-electron chi connectivity index (χ1n) is 9.14. The van der Waals surface area contributed by atoms with E-state index in [0.717, 1.165) is 23.2 Å². The highest BCUT2D eigenvalue weighted by atomic mass is 19.1. The number of nitrogens with zero attached hydrogens (tertiary/aromatic N) is 1. The van der Waals surface area contributed by atoms with Crippen molar-refractivity contribution in [3.05, 3.63) is 77.2 Å². The number of amides is 1. The monoisotopic (exact) mass is 364 g/mol. The Morgan fingerprint density at radius 3 is 2.81 bits per heavy atom. The summed E-state index contributed by atoms with van der Waals surface area (Å²) in [7, 11) is 0. The van der Waals surface area contributed by atoms with Gasteiger partial charge in [-0.25, -0.2) is 9.18 Å². The van der Waals surface area contributed by atoms with Gasteiger partial charge in [0.1, 0.15) is 5.82 Å². The van der Waals surface area contributed by atoms with Crippen LogP contribution < -0.4 is 0 Å². The molecule has 3 aromatic rings. The van der Waals surface area contributed by atoms with E-state index in [0.29, 0.717) is 13.2 Å². The van der Waals surface area contributed by atoms with Crippen molar-refractivity contribution in [3.63, 3.8) is 0 Å². The van der Waals surface area contributed by atoms with E-state index in [9.17, 15) is 9.18 Å². The number of hydrogen-bond donors (Lipinski definition) is 1. The number of aromatic amines is 1. The Labute approximate surface area is 157 Å². The number of carbonyl (C=O) groups is 1. The summed E-state index contributed by atoms with van der Waals surface area (Å²) in [5.74, 6) is -0.268. The van der Waals surface area contributed by atoms with E-state index in [2.05, 4.69) is 11.1 Å². The van der Waals surface area contributed by atoms with E-state index in [-0.39, 0.29) is 18.0 Å². The number of benzene rings is 2. The van der Waals surface area contributed by atoms with Gasteiger partial charge >= 0.3 is 6.09 Å². The van der Waals surface area contributed by atoms with Gasteiger partial charge in [0.05, 0.1) is 12.6 Å². The molecule has 5 heteroatoms. The summed E-state index contributed by atoms with van der Waals surface area (Å²) in [6.45, 7) is 2.73. The minimum atomic E-state index is -0.324. The summed E-state index contributed by atoms with van der Waals surface area (Å²) >= 11 is 0. The minimum Gasteiger partial charge on any atom is -0.450 e. The van der Waals surface area contributed by atoms with Gasteiger partial charge in [0.15, 0.2) is 0 Å². The molecule has 4 nitrogen and oxygen atoms in total. The third-order valence-electron chi connectivity index (χ3n) is 4.92. The highest BCUT2D eigenvalue weighted by molar-refractivity contribution is 5.86. The first-order valence-corrected chi connectivity index (χ1v) is 9.14. The molecule has 0 aliphatic carbocycles. The topological polar surface area (TPSA) is 45.3 Å². The first kappa shape index (κ1) is 17.3. The van der Waals surface area contributed by atoms with Crippen LogP contribution in [0.25, 0.3) is 17.0 Å². The van der Waals surface area contributed by atoms with Crippen LogP contribution in [-0.4, -0.2) is 29.1 Å². The number of aromatic nitrogens is 1. The van der Waals surface area contributed by atoms with E-state index in [4.69, 9.17) is 4.74 Å². The maximum absolute atomic E-state index is 13.2. The molecule has 0 spiro atoms. The second-order valence-electron chi connectivity index (χ2n) is 6.56. The highest BCUT2D eigenvalue weighted by Crippen LogP contribution is 2.36. The zero-order valence-electron chi connectivity index (χ0n) is 15.1. The van der Waals surface area contributed by atoms with E-state index >= 15 is 0 Å². The predicted molar refractivity (Wildman–Crippen MR) is 104 cm³/mol. The largest absolute Gasteiger partial charge is 0.450 e. The molecule has 2 heterocycles. The molecule has 0 radical (unpaired) electrons. The van der Waals surface area contributed by atoms with Gasteiger partial charge in [-0.3, -0.25) is 4.90 Å². The number of fused-ring (bicyclic) bond motifs is 3. The molecule has 0 saturated carbocycles. The second-order valence-corrected chi connectivity index (χ2v) is 6.56. The number of hydrogen-bond acceptors (Lipinski definition) is 2. The van der Waals surface area contributed by atoms with Crippen molar-refractivity contribution in [1.29, 1.82) is 0 Å². The molecule has 138 valence electrons. The quantitative estimate of drug-likeness (QED) is 0.705. The van der Waals surface area contributed by atoms with Gasteiger partial charge in [0, 0.05) is 23.1 Å². The Morgan fingerprint density at radius 2 is 2.04 bits per heavy atom. The second kappa shape index (κ2) is 7.27. The van der Waals surface area contributed by atoms with Crippen molar-refractivity contribution in [2.24, 2.45) is 0 Å². The zero-order valence-corrected chi connectivity index (χ0v) is 15.1. The molecule has 0 bridgehead atoms. The van der Waals surface area contributed by atoms with Gasteiger partial charge in [-0.1, -0.05) is 42.5 Å². The highest BCUT2D eigenvalue weighted by Gasteiger charge is 2.32. The predicted octanol–water partition coefficient (Wildman–Crippen LogP) is 5.08. The number of carbonyl (C=O) groups excluding carboxylic acids is 1. The Hall–Kier alpha value is -3.08. The number of halogens is 1. The molecule has 4 rings (SSSR count). The number of para-hydroxylation sites is 1. The normalized spacial score (nSPS) is 16.7. The van der Waals surface area contributed by atoms with Crippen molar-refractivity contribution >= 4 is 23.1 Å². The average molecular weight is 364 g/mol. The van der Waals surface area contributed by atoms with E-state index in [1.807, 2.05) is 30.4 Å². The Bertz CT molecular complexity index is 991. The standard InChI is InChI=1S/C22H21FN2O2/c1-2-27-22(26)25-14-13-18-17-5-3-4-6-19(17)24-21(18)20(25)12-9-15-7-10-16(23)11-8-15/h3-12,20,24H,2,13-14H2,1H3/b12-9+/t20-/m1/s1. The van der Waals surface area contributed by atoms with Crippen LogP contribution in [0.3, 0.4) is 0 Å². The Kier molecular flexibility index (Phi) is 4.67. The van der Waals surface area contributed by atoms with Gasteiger partial charge < -0.3 is 9.72 Å². The third-order valence-corrected chi connectivity index (χ3v) is 4.92. The van der Waals surface area contributed by atoms with Gasteiger partial charge in [-0.15, -0.1) is 0 Å². The molecule has 1 N–H and O–H groups in total. The van der Waals surface area contributed by atoms with Crippen molar-refractivity contribution in [2.75, 3.05) is 13.2 Å². The lowest BCUT2D eigenvalue weighted by Gasteiger charge is -2.33. The maximum Gasteiger partial charge on any atom is 0.410 e. The molecule has 1 aromatic heterocycles. The lowest BCUT2D eigenvalue weighted by atomic mass is 9.97. The number of ether oxygens (including phenoxy) is 1. The third kappa shape index (κ3) is 3.33. The molecular formula is C22H21FN2O2.